The van der Waals surface area contributed by atoms with Crippen molar-refractivity contribution in [1.82, 2.24) is 9.71 Å². The Morgan fingerprint density at radius 3 is 1.76 bits per heavy atom. The SMILES string of the molecule is O=P(O)(O)O[C@@H]1[C@@H](O)[C@@H](O[C@H]2[C@@H](OP(=O)(O)O)[C@H](On3ccnc3)O[C@@H]2CO)O[C@H](CO)[C@H]1OP(=O)(O)O. The summed E-state index contributed by atoms with van der Waals surface area (Å²) in [6.45, 7) is -1.99. The number of phosphoric ester groups is 3. The van der Waals surface area contributed by atoms with Crippen molar-refractivity contribution in [2.24, 2.45) is 0 Å². The molecule has 9 atom stereocenters. The van der Waals surface area contributed by atoms with E-state index in [0.717, 1.165) is 11.1 Å². The Morgan fingerprint density at radius 2 is 1.26 bits per heavy atom. The molecule has 3 heterocycles. The molecule has 0 aliphatic carbocycles. The van der Waals surface area contributed by atoms with Gasteiger partial charge in [-0.05, 0) is 0 Å². The number of hydrogen-bond donors (Lipinski definition) is 9. The van der Waals surface area contributed by atoms with Crippen molar-refractivity contribution in [3.63, 3.8) is 0 Å². The zero-order valence-electron chi connectivity index (χ0n) is 18.7. The molecule has 2 aliphatic heterocycles. The molecule has 2 aliphatic rings. The fraction of sp³-hybridized carbons (Fsp3) is 0.786. The van der Waals surface area contributed by atoms with Crippen molar-refractivity contribution in [1.29, 1.82) is 0 Å². The van der Waals surface area contributed by atoms with E-state index >= 15 is 0 Å². The highest BCUT2D eigenvalue weighted by molar-refractivity contribution is 7.46. The first-order valence-electron chi connectivity index (χ1n) is 10.2. The van der Waals surface area contributed by atoms with Crippen LogP contribution in [0.25, 0.3) is 0 Å². The first-order valence-corrected chi connectivity index (χ1v) is 14.8. The van der Waals surface area contributed by atoms with Gasteiger partial charge in [0.25, 0.3) is 6.29 Å². The maximum atomic E-state index is 11.6. The highest BCUT2D eigenvalue weighted by Gasteiger charge is 2.56. The minimum Gasteiger partial charge on any atom is -0.394 e. The van der Waals surface area contributed by atoms with E-state index in [1.807, 2.05) is 0 Å². The molecule has 1 aromatic heterocycles. The summed E-state index contributed by atoms with van der Waals surface area (Å²) in [7, 11) is -16.2. The fourth-order valence-corrected chi connectivity index (χ4v) is 5.33. The van der Waals surface area contributed by atoms with Crippen LogP contribution in [0.5, 0.6) is 0 Å². The van der Waals surface area contributed by atoms with E-state index in [9.17, 15) is 48.6 Å². The number of aliphatic hydroxyl groups excluding tert-OH is 3. The lowest BCUT2D eigenvalue weighted by Gasteiger charge is -2.44. The van der Waals surface area contributed by atoms with Crippen LogP contribution in [-0.2, 0) is 41.5 Å². The van der Waals surface area contributed by atoms with Crippen molar-refractivity contribution < 1.29 is 91.0 Å². The van der Waals surface area contributed by atoms with Gasteiger partial charge in [-0.3, -0.25) is 13.6 Å². The molecule has 1 aromatic rings. The number of nitrogens with zero attached hydrogens (tertiary/aromatic N) is 2. The zero-order valence-corrected chi connectivity index (χ0v) is 21.4. The number of ether oxygens (including phenoxy) is 3. The summed E-state index contributed by atoms with van der Waals surface area (Å²) < 4.78 is 65.2. The predicted octanol–water partition coefficient (Wildman–Crippen LogP) is -4.07. The molecule has 0 radical (unpaired) electrons. The molecule has 220 valence electrons. The maximum Gasteiger partial charge on any atom is 0.470 e. The van der Waals surface area contributed by atoms with Gasteiger partial charge in [0, 0.05) is 6.20 Å². The van der Waals surface area contributed by atoms with Crippen LogP contribution in [0.2, 0.25) is 0 Å². The Hall–Kier alpha value is -0.900. The van der Waals surface area contributed by atoms with Crippen molar-refractivity contribution in [2.75, 3.05) is 13.2 Å². The third-order valence-corrected chi connectivity index (χ3v) is 6.57. The first kappa shape index (κ1) is 31.6. The van der Waals surface area contributed by atoms with Gasteiger partial charge in [-0.2, -0.15) is 4.73 Å². The Bertz CT molecular complexity index is 1040. The second-order valence-corrected chi connectivity index (χ2v) is 11.3. The Morgan fingerprint density at radius 1 is 0.763 bits per heavy atom. The largest absolute Gasteiger partial charge is 0.470 e. The molecule has 0 aromatic carbocycles. The van der Waals surface area contributed by atoms with Crippen LogP contribution in [0.15, 0.2) is 18.7 Å². The second kappa shape index (κ2) is 12.3. The van der Waals surface area contributed by atoms with Crippen molar-refractivity contribution in [3.05, 3.63) is 18.7 Å². The third-order valence-electron chi connectivity index (χ3n) is 5.02. The molecule has 21 nitrogen and oxygen atoms in total. The van der Waals surface area contributed by atoms with E-state index in [1.54, 1.807) is 0 Å². The number of aromatic nitrogens is 2. The van der Waals surface area contributed by atoms with Crippen LogP contribution in [0, 0.1) is 0 Å². The van der Waals surface area contributed by atoms with Crippen molar-refractivity contribution in [3.8, 4) is 0 Å². The van der Waals surface area contributed by atoms with Crippen molar-refractivity contribution in [2.45, 2.75) is 55.3 Å². The maximum absolute atomic E-state index is 11.6. The average molecular weight is 618 g/mol. The molecule has 2 saturated heterocycles. The number of phosphoric acid groups is 3. The van der Waals surface area contributed by atoms with Crippen LogP contribution >= 0.6 is 23.5 Å². The van der Waals surface area contributed by atoms with Crippen LogP contribution in [-0.4, -0.2) is 123 Å². The molecular formula is C14H25N2O19P3. The van der Waals surface area contributed by atoms with Crippen LogP contribution in [0.4, 0.5) is 0 Å². The van der Waals surface area contributed by atoms with E-state index in [2.05, 4.69) is 14.0 Å². The van der Waals surface area contributed by atoms with Gasteiger partial charge >= 0.3 is 23.5 Å². The lowest BCUT2D eigenvalue weighted by molar-refractivity contribution is -0.313. The van der Waals surface area contributed by atoms with Gasteiger partial charge in [-0.15, -0.1) is 0 Å². The van der Waals surface area contributed by atoms with Crippen LogP contribution in [0.3, 0.4) is 0 Å². The van der Waals surface area contributed by atoms with Crippen LogP contribution < -0.4 is 4.84 Å². The fourth-order valence-electron chi connectivity index (χ4n) is 3.66. The number of aliphatic hydroxyl groups is 3. The minimum atomic E-state index is -5.48. The lowest BCUT2D eigenvalue weighted by atomic mass is 9.99. The molecule has 2 fully saturated rings. The van der Waals surface area contributed by atoms with Gasteiger partial charge in [0.2, 0.25) is 0 Å². The molecule has 0 saturated carbocycles. The number of rotatable bonds is 12. The summed E-state index contributed by atoms with van der Waals surface area (Å²) in [5.74, 6) is 0. The monoisotopic (exact) mass is 618 g/mol. The van der Waals surface area contributed by atoms with E-state index in [1.165, 1.54) is 12.4 Å². The molecule has 24 heteroatoms. The summed E-state index contributed by atoms with van der Waals surface area (Å²) in [6, 6.07) is 0. The topological polar surface area (TPSA) is 316 Å². The van der Waals surface area contributed by atoms with E-state index < -0.39 is 92.0 Å². The molecule has 0 spiro atoms. The summed E-state index contributed by atoms with van der Waals surface area (Å²) in [5.41, 5.74) is 0. The van der Waals surface area contributed by atoms with Gasteiger partial charge in [-0.1, -0.05) is 0 Å². The molecule has 0 bridgehead atoms. The van der Waals surface area contributed by atoms with E-state index in [-0.39, 0.29) is 0 Å². The predicted molar refractivity (Wildman–Crippen MR) is 112 cm³/mol. The second-order valence-electron chi connectivity index (χ2n) is 7.75. The normalized spacial score (nSPS) is 34.9. The quantitative estimate of drug-likeness (QED) is 0.101. The summed E-state index contributed by atoms with van der Waals surface area (Å²) in [5, 5.41) is 30.1. The summed E-state index contributed by atoms with van der Waals surface area (Å²) in [6.07, 6.45) is -13.8. The minimum absolute atomic E-state index is 0.881. The number of imidazole rings is 1. The van der Waals surface area contributed by atoms with Crippen molar-refractivity contribution >= 4 is 23.5 Å². The zero-order chi connectivity index (χ0) is 28.5. The van der Waals surface area contributed by atoms with E-state index in [4.69, 9.17) is 33.4 Å². The molecular weight excluding hydrogens is 593 g/mol. The summed E-state index contributed by atoms with van der Waals surface area (Å²) >= 11 is 0. The Kier molecular flexibility index (Phi) is 10.2. The number of hydrogen-bond acceptors (Lipinski definition) is 14. The summed E-state index contributed by atoms with van der Waals surface area (Å²) in [4.78, 5) is 64.6. The van der Waals surface area contributed by atoms with Crippen LogP contribution in [0.1, 0.15) is 0 Å². The molecule has 3 rings (SSSR count). The standard InChI is InChI=1S/C14H25N2O19P3/c17-3-6-9(12(35-38(26,27)28)14(30-6)32-16-2-1-15-5-16)31-13-8(19)11(34-37(23,24)25)10(7(4-18)29-13)33-36(20,21)22/h1-2,5-14,17-19H,3-4H2,(H2,20,21,22)(H2,23,24,25)(H2,26,27,28)/t6-,7-,8-,9-,10-,11-,12-,13-,14+/m1/s1. The lowest BCUT2D eigenvalue weighted by Crippen LogP contribution is -2.61. The smallest absolute Gasteiger partial charge is 0.394 e. The average Bonchev–Trinajstić information content (AvgIpc) is 3.39. The molecule has 38 heavy (non-hydrogen) atoms. The molecule has 0 amide bonds. The Balaban J connectivity index is 1.92. The van der Waals surface area contributed by atoms with E-state index in [0.29, 0.717) is 0 Å². The third kappa shape index (κ3) is 8.55. The molecule has 0 unspecified atom stereocenters. The molecule has 9 N–H and O–H groups in total. The van der Waals surface area contributed by atoms with Gasteiger partial charge in [0.05, 0.1) is 19.4 Å². The van der Waals surface area contributed by atoms with Gasteiger partial charge < -0.3 is 63.7 Å². The highest BCUT2D eigenvalue weighted by atomic mass is 31.2. The van der Waals surface area contributed by atoms with Gasteiger partial charge in [0.1, 0.15) is 43.0 Å². The highest BCUT2D eigenvalue weighted by Crippen LogP contribution is 2.48. The Labute approximate surface area is 212 Å². The van der Waals surface area contributed by atoms with Gasteiger partial charge in [0.15, 0.2) is 12.4 Å². The first-order chi connectivity index (χ1) is 17.5. The van der Waals surface area contributed by atoms with Gasteiger partial charge in [-0.25, -0.2) is 18.7 Å².